The smallest absolute Gasteiger partial charge is 0.263 e. The maximum absolute atomic E-state index is 13.3. The molecule has 31 heavy (non-hydrogen) atoms. The quantitative estimate of drug-likeness (QED) is 0.400. The van der Waals surface area contributed by atoms with Crippen molar-refractivity contribution in [1.82, 2.24) is 19.2 Å². The highest BCUT2D eigenvalue weighted by molar-refractivity contribution is 8.14. The second kappa shape index (κ2) is 7.85. The molecule has 0 spiro atoms. The van der Waals surface area contributed by atoms with Crippen LogP contribution in [0, 0.1) is 6.92 Å². The highest BCUT2D eigenvalue weighted by atomic mass is 32.2. The van der Waals surface area contributed by atoms with E-state index in [1.807, 2.05) is 67.6 Å². The SMILES string of the molecule is Cc1ccc(Cn2c(=O)c3ccccc3n3c(SC(=O)c4ccccc4)nnc23)cc1. The zero-order valence-corrected chi connectivity index (χ0v) is 17.5. The number of aromatic nitrogens is 4. The first-order chi connectivity index (χ1) is 15.1. The van der Waals surface area contributed by atoms with Crippen LogP contribution in [-0.4, -0.2) is 24.3 Å². The number of thioether (sulfide) groups is 1. The highest BCUT2D eigenvalue weighted by Crippen LogP contribution is 2.25. The first kappa shape index (κ1) is 19.3. The van der Waals surface area contributed by atoms with Gasteiger partial charge in [-0.15, -0.1) is 10.2 Å². The van der Waals surface area contributed by atoms with Crippen LogP contribution in [0.4, 0.5) is 0 Å². The van der Waals surface area contributed by atoms with Gasteiger partial charge in [0, 0.05) is 5.56 Å². The summed E-state index contributed by atoms with van der Waals surface area (Å²) in [4.78, 5) is 26.1. The van der Waals surface area contributed by atoms with Gasteiger partial charge in [-0.2, -0.15) is 0 Å². The summed E-state index contributed by atoms with van der Waals surface area (Å²) in [7, 11) is 0. The summed E-state index contributed by atoms with van der Waals surface area (Å²) in [6.45, 7) is 2.39. The van der Waals surface area contributed by atoms with E-state index in [0.717, 1.165) is 22.9 Å². The molecule has 152 valence electrons. The Bertz CT molecular complexity index is 1470. The molecular formula is C24H18N4O2S. The molecule has 0 saturated heterocycles. The number of hydrogen-bond acceptors (Lipinski definition) is 5. The topological polar surface area (TPSA) is 69.3 Å². The molecule has 0 bridgehead atoms. The Morgan fingerprint density at radius 1 is 0.903 bits per heavy atom. The molecule has 0 aliphatic rings. The van der Waals surface area contributed by atoms with E-state index in [0.29, 0.717) is 33.9 Å². The van der Waals surface area contributed by atoms with Gasteiger partial charge in [0.05, 0.1) is 17.4 Å². The molecule has 3 aromatic carbocycles. The molecule has 2 aromatic heterocycles. The lowest BCUT2D eigenvalue weighted by Gasteiger charge is -2.11. The summed E-state index contributed by atoms with van der Waals surface area (Å²) in [6, 6.07) is 24.4. The third kappa shape index (κ3) is 3.53. The van der Waals surface area contributed by atoms with Crippen molar-refractivity contribution in [2.24, 2.45) is 0 Å². The number of fused-ring (bicyclic) bond motifs is 3. The molecule has 0 amide bonds. The number of aryl methyl sites for hydroxylation is 1. The lowest BCUT2D eigenvalue weighted by molar-refractivity contribution is 0.108. The third-order valence-electron chi connectivity index (χ3n) is 5.13. The monoisotopic (exact) mass is 426 g/mol. The number of nitrogens with zero attached hydrogens (tertiary/aromatic N) is 4. The van der Waals surface area contributed by atoms with Gasteiger partial charge >= 0.3 is 0 Å². The van der Waals surface area contributed by atoms with Gasteiger partial charge in [-0.1, -0.05) is 72.3 Å². The Kier molecular flexibility index (Phi) is 4.88. The van der Waals surface area contributed by atoms with Crippen molar-refractivity contribution >= 4 is 33.6 Å². The first-order valence-electron chi connectivity index (χ1n) is 9.81. The van der Waals surface area contributed by atoms with E-state index < -0.39 is 0 Å². The number of carbonyl (C=O) groups excluding carboxylic acids is 1. The minimum Gasteiger partial charge on any atom is -0.281 e. The Labute approximate surface area is 182 Å². The van der Waals surface area contributed by atoms with E-state index >= 15 is 0 Å². The molecule has 5 aromatic rings. The predicted molar refractivity (Wildman–Crippen MR) is 122 cm³/mol. The molecule has 0 fully saturated rings. The number of para-hydroxylation sites is 1. The summed E-state index contributed by atoms with van der Waals surface area (Å²) in [5.74, 6) is 0.410. The van der Waals surface area contributed by atoms with Crippen LogP contribution in [-0.2, 0) is 6.54 Å². The van der Waals surface area contributed by atoms with Crippen molar-refractivity contribution in [3.8, 4) is 0 Å². The number of hydrogen-bond donors (Lipinski definition) is 0. The summed E-state index contributed by atoms with van der Waals surface area (Å²) in [5.41, 5.74) is 3.27. The molecule has 0 atom stereocenters. The molecule has 0 radical (unpaired) electrons. The van der Waals surface area contributed by atoms with Crippen molar-refractivity contribution in [3.05, 3.63) is 106 Å². The zero-order valence-electron chi connectivity index (χ0n) is 16.7. The van der Waals surface area contributed by atoms with Gasteiger partial charge < -0.3 is 0 Å². The normalized spacial score (nSPS) is 11.3. The summed E-state index contributed by atoms with van der Waals surface area (Å²) in [5, 5.41) is 9.41. The van der Waals surface area contributed by atoms with Gasteiger partial charge in [-0.05, 0) is 36.4 Å². The van der Waals surface area contributed by atoms with Crippen LogP contribution in [0.3, 0.4) is 0 Å². The molecule has 7 heteroatoms. The van der Waals surface area contributed by atoms with E-state index in [2.05, 4.69) is 10.2 Å². The van der Waals surface area contributed by atoms with E-state index in [1.165, 1.54) is 0 Å². The van der Waals surface area contributed by atoms with Crippen molar-refractivity contribution in [1.29, 1.82) is 0 Å². The standard InChI is InChI=1S/C24H18N4O2S/c1-16-11-13-17(14-12-16)15-27-21(29)19-9-5-6-10-20(19)28-23(27)25-26-24(28)31-22(30)18-7-3-2-4-8-18/h2-14H,15H2,1H3. The van der Waals surface area contributed by atoms with Gasteiger partial charge in [0.1, 0.15) is 0 Å². The van der Waals surface area contributed by atoms with Crippen molar-refractivity contribution < 1.29 is 4.79 Å². The second-order valence-electron chi connectivity index (χ2n) is 7.27. The number of rotatable bonds is 4. The van der Waals surface area contributed by atoms with Crippen LogP contribution in [0.25, 0.3) is 16.7 Å². The lowest BCUT2D eigenvalue weighted by Crippen LogP contribution is -2.24. The Balaban J connectivity index is 1.67. The lowest BCUT2D eigenvalue weighted by atomic mass is 10.1. The molecule has 0 aliphatic heterocycles. The van der Waals surface area contributed by atoms with Crippen LogP contribution >= 0.6 is 11.8 Å². The average Bonchev–Trinajstić information content (AvgIpc) is 3.22. The van der Waals surface area contributed by atoms with E-state index in [9.17, 15) is 9.59 Å². The first-order valence-corrected chi connectivity index (χ1v) is 10.6. The summed E-state index contributed by atoms with van der Waals surface area (Å²) < 4.78 is 3.40. The molecule has 0 aliphatic carbocycles. The fraction of sp³-hybridized carbons (Fsp3) is 0.0833. The van der Waals surface area contributed by atoms with Gasteiger partial charge in [0.15, 0.2) is 0 Å². The molecule has 0 N–H and O–H groups in total. The average molecular weight is 427 g/mol. The van der Waals surface area contributed by atoms with Crippen molar-refractivity contribution in [3.63, 3.8) is 0 Å². The fourth-order valence-corrected chi connectivity index (χ4v) is 4.31. The summed E-state index contributed by atoms with van der Waals surface area (Å²) >= 11 is 1.01. The Hall–Kier alpha value is -3.71. The van der Waals surface area contributed by atoms with E-state index in [4.69, 9.17) is 0 Å². The molecular weight excluding hydrogens is 408 g/mol. The van der Waals surface area contributed by atoms with Crippen molar-refractivity contribution in [2.45, 2.75) is 18.6 Å². The molecule has 2 heterocycles. The van der Waals surface area contributed by atoms with E-state index in [-0.39, 0.29) is 10.7 Å². The summed E-state index contributed by atoms with van der Waals surface area (Å²) in [6.07, 6.45) is 0. The van der Waals surface area contributed by atoms with Crippen LogP contribution in [0.15, 0.2) is 88.8 Å². The minimum atomic E-state index is -0.137. The molecule has 0 unspecified atom stereocenters. The molecule has 0 saturated carbocycles. The van der Waals surface area contributed by atoms with Gasteiger partial charge in [-0.25, -0.2) is 0 Å². The third-order valence-corrected chi connectivity index (χ3v) is 6.00. The van der Waals surface area contributed by atoms with Gasteiger partial charge in [-0.3, -0.25) is 18.6 Å². The molecule has 6 nitrogen and oxygen atoms in total. The Morgan fingerprint density at radius 2 is 1.61 bits per heavy atom. The fourth-order valence-electron chi connectivity index (χ4n) is 3.53. The molecule has 5 rings (SSSR count). The van der Waals surface area contributed by atoms with Crippen LogP contribution in [0.2, 0.25) is 0 Å². The van der Waals surface area contributed by atoms with Gasteiger partial charge in [0.25, 0.3) is 5.56 Å². The minimum absolute atomic E-state index is 0.129. The Morgan fingerprint density at radius 3 is 2.39 bits per heavy atom. The number of benzene rings is 3. The highest BCUT2D eigenvalue weighted by Gasteiger charge is 2.19. The predicted octanol–water partition coefficient (Wildman–Crippen LogP) is 4.33. The zero-order chi connectivity index (χ0) is 21.4. The second-order valence-corrected chi connectivity index (χ2v) is 8.21. The van der Waals surface area contributed by atoms with Crippen LogP contribution < -0.4 is 5.56 Å². The van der Waals surface area contributed by atoms with Gasteiger partial charge in [0.2, 0.25) is 16.0 Å². The maximum atomic E-state index is 13.3. The van der Waals surface area contributed by atoms with Crippen LogP contribution in [0.5, 0.6) is 0 Å². The maximum Gasteiger partial charge on any atom is 0.263 e. The largest absolute Gasteiger partial charge is 0.281 e. The number of carbonyl (C=O) groups is 1. The van der Waals surface area contributed by atoms with Crippen molar-refractivity contribution in [2.75, 3.05) is 0 Å². The van der Waals surface area contributed by atoms with Crippen LogP contribution in [0.1, 0.15) is 21.5 Å². The van der Waals surface area contributed by atoms with E-state index in [1.54, 1.807) is 27.2 Å².